The van der Waals surface area contributed by atoms with E-state index in [-0.39, 0.29) is 36.6 Å². The molecule has 0 radical (unpaired) electrons. The van der Waals surface area contributed by atoms with E-state index in [4.69, 9.17) is 5.11 Å². The van der Waals surface area contributed by atoms with Gasteiger partial charge in [0.25, 0.3) is 5.56 Å². The standard InChI is InChI=1S/C16H17N3O3/c20-10-11-5-6-12(7-11)18-15(21)9-19-14-4-2-1-3-13(14)17-8-16(19)22/h1-6,8,11-12,20H,7,9-10H2,(H,18,21)/t11-,12+/m0/s1. The first-order valence-electron chi connectivity index (χ1n) is 7.20. The maximum absolute atomic E-state index is 12.2. The molecular weight excluding hydrogens is 282 g/mol. The van der Waals surface area contributed by atoms with Gasteiger partial charge in [-0.3, -0.25) is 14.2 Å². The summed E-state index contributed by atoms with van der Waals surface area (Å²) < 4.78 is 1.42. The number of amides is 1. The van der Waals surface area contributed by atoms with E-state index in [1.165, 1.54) is 10.8 Å². The van der Waals surface area contributed by atoms with Crippen molar-refractivity contribution in [3.8, 4) is 0 Å². The molecule has 0 spiro atoms. The maximum atomic E-state index is 12.2. The average molecular weight is 299 g/mol. The smallest absolute Gasteiger partial charge is 0.269 e. The summed E-state index contributed by atoms with van der Waals surface area (Å²) in [7, 11) is 0. The molecule has 0 unspecified atom stereocenters. The van der Waals surface area contributed by atoms with Gasteiger partial charge in [0, 0.05) is 18.6 Å². The van der Waals surface area contributed by atoms with Gasteiger partial charge in [-0.2, -0.15) is 0 Å². The number of nitrogens with zero attached hydrogens (tertiary/aromatic N) is 2. The largest absolute Gasteiger partial charge is 0.396 e. The first kappa shape index (κ1) is 14.5. The van der Waals surface area contributed by atoms with E-state index in [9.17, 15) is 9.59 Å². The van der Waals surface area contributed by atoms with Gasteiger partial charge in [-0.1, -0.05) is 24.3 Å². The molecule has 1 heterocycles. The van der Waals surface area contributed by atoms with E-state index in [0.29, 0.717) is 17.5 Å². The summed E-state index contributed by atoms with van der Waals surface area (Å²) in [5, 5.41) is 12.0. The van der Waals surface area contributed by atoms with Crippen molar-refractivity contribution in [1.82, 2.24) is 14.9 Å². The van der Waals surface area contributed by atoms with Gasteiger partial charge < -0.3 is 10.4 Å². The van der Waals surface area contributed by atoms with Gasteiger partial charge in [0.2, 0.25) is 5.91 Å². The third kappa shape index (κ3) is 2.92. The Balaban J connectivity index is 1.76. The van der Waals surface area contributed by atoms with Crippen molar-refractivity contribution >= 4 is 16.9 Å². The quantitative estimate of drug-likeness (QED) is 0.803. The fourth-order valence-electron chi connectivity index (χ4n) is 2.69. The number of carbonyl (C=O) groups is 1. The molecule has 22 heavy (non-hydrogen) atoms. The van der Waals surface area contributed by atoms with Gasteiger partial charge in [-0.15, -0.1) is 0 Å². The van der Waals surface area contributed by atoms with Crippen molar-refractivity contribution in [2.75, 3.05) is 6.61 Å². The second kappa shape index (κ2) is 6.11. The molecule has 0 saturated heterocycles. The highest BCUT2D eigenvalue weighted by Gasteiger charge is 2.20. The highest BCUT2D eigenvalue weighted by molar-refractivity contribution is 5.80. The van der Waals surface area contributed by atoms with Crippen molar-refractivity contribution in [2.24, 2.45) is 5.92 Å². The molecule has 6 nitrogen and oxygen atoms in total. The Kier molecular flexibility index (Phi) is 4.02. The van der Waals surface area contributed by atoms with Gasteiger partial charge in [0.1, 0.15) is 6.54 Å². The number of benzene rings is 1. The van der Waals surface area contributed by atoms with Gasteiger partial charge in [0.05, 0.1) is 17.2 Å². The van der Waals surface area contributed by atoms with Crippen molar-refractivity contribution in [3.05, 3.63) is 53.0 Å². The monoisotopic (exact) mass is 299 g/mol. The zero-order chi connectivity index (χ0) is 15.5. The Bertz CT molecular complexity index is 782. The van der Waals surface area contributed by atoms with E-state index >= 15 is 0 Å². The summed E-state index contributed by atoms with van der Waals surface area (Å²) in [6.45, 7) is 0.0350. The Labute approximate surface area is 127 Å². The Morgan fingerprint density at radius 2 is 2.18 bits per heavy atom. The fourth-order valence-corrected chi connectivity index (χ4v) is 2.69. The topological polar surface area (TPSA) is 84.2 Å². The molecule has 0 saturated carbocycles. The zero-order valence-electron chi connectivity index (χ0n) is 12.0. The number of aromatic nitrogens is 2. The summed E-state index contributed by atoms with van der Waals surface area (Å²) in [4.78, 5) is 28.2. The number of aliphatic hydroxyl groups excluding tert-OH is 1. The van der Waals surface area contributed by atoms with E-state index < -0.39 is 0 Å². The second-order valence-corrected chi connectivity index (χ2v) is 5.41. The van der Waals surface area contributed by atoms with Crippen molar-refractivity contribution in [3.63, 3.8) is 0 Å². The summed E-state index contributed by atoms with van der Waals surface area (Å²) in [5.41, 5.74) is 1.01. The molecule has 6 heteroatoms. The number of hydrogen-bond acceptors (Lipinski definition) is 4. The van der Waals surface area contributed by atoms with Gasteiger partial charge in [0.15, 0.2) is 0 Å². The molecule has 2 atom stereocenters. The van der Waals surface area contributed by atoms with Crippen LogP contribution in [-0.4, -0.2) is 33.2 Å². The lowest BCUT2D eigenvalue weighted by molar-refractivity contribution is -0.122. The highest BCUT2D eigenvalue weighted by atomic mass is 16.3. The normalized spacial score (nSPS) is 20.4. The number of fused-ring (bicyclic) bond motifs is 1. The van der Waals surface area contributed by atoms with Crippen LogP contribution >= 0.6 is 0 Å². The summed E-state index contributed by atoms with van der Waals surface area (Å²) in [5.74, 6) is -0.138. The van der Waals surface area contributed by atoms with Crippen molar-refractivity contribution in [2.45, 2.75) is 19.0 Å². The number of nitrogens with one attached hydrogen (secondary N) is 1. The molecule has 1 amide bonds. The van der Waals surface area contributed by atoms with Gasteiger partial charge in [-0.25, -0.2) is 4.98 Å². The SMILES string of the molecule is O=C(Cn1c(=O)cnc2ccccc21)N[C@@H]1C=C[C@H](CO)C1. The number of carbonyl (C=O) groups excluding carboxylic acids is 1. The van der Waals surface area contributed by atoms with Crippen LogP contribution in [0.2, 0.25) is 0 Å². The van der Waals surface area contributed by atoms with Crippen LogP contribution in [0.15, 0.2) is 47.4 Å². The molecule has 0 aliphatic heterocycles. The molecule has 0 bridgehead atoms. The molecule has 114 valence electrons. The molecule has 2 aromatic rings. The first-order valence-corrected chi connectivity index (χ1v) is 7.20. The third-order valence-electron chi connectivity index (χ3n) is 3.81. The van der Waals surface area contributed by atoms with Crippen LogP contribution in [0.3, 0.4) is 0 Å². The third-order valence-corrected chi connectivity index (χ3v) is 3.81. The minimum absolute atomic E-state index is 0.0456. The minimum Gasteiger partial charge on any atom is -0.396 e. The van der Waals surface area contributed by atoms with E-state index in [1.54, 1.807) is 12.1 Å². The fraction of sp³-hybridized carbons (Fsp3) is 0.312. The van der Waals surface area contributed by atoms with Crippen LogP contribution in [0.5, 0.6) is 0 Å². The van der Waals surface area contributed by atoms with Gasteiger partial charge in [-0.05, 0) is 18.6 Å². The number of rotatable bonds is 4. The summed E-state index contributed by atoms with van der Waals surface area (Å²) in [6, 6.07) is 7.13. The molecule has 0 fully saturated rings. The van der Waals surface area contributed by atoms with Crippen LogP contribution in [0.1, 0.15) is 6.42 Å². The predicted molar refractivity (Wildman–Crippen MR) is 82.3 cm³/mol. The lowest BCUT2D eigenvalue weighted by Gasteiger charge is -2.14. The Morgan fingerprint density at radius 1 is 1.36 bits per heavy atom. The van der Waals surface area contributed by atoms with Crippen molar-refractivity contribution in [1.29, 1.82) is 0 Å². The lowest BCUT2D eigenvalue weighted by atomic mass is 10.1. The van der Waals surface area contributed by atoms with Crippen LogP contribution in [0.4, 0.5) is 0 Å². The highest BCUT2D eigenvalue weighted by Crippen LogP contribution is 2.17. The molecule has 1 aromatic heterocycles. The molecule has 1 aliphatic carbocycles. The average Bonchev–Trinajstić information content (AvgIpc) is 2.98. The summed E-state index contributed by atoms with van der Waals surface area (Å²) in [6.07, 6.45) is 5.70. The Hall–Kier alpha value is -2.47. The second-order valence-electron chi connectivity index (χ2n) is 5.41. The molecule has 1 aromatic carbocycles. The van der Waals surface area contributed by atoms with Crippen molar-refractivity contribution < 1.29 is 9.90 Å². The molecular formula is C16H17N3O3. The predicted octanol–water partition coefficient (Wildman–Crippen LogP) is 0.450. The van der Waals surface area contributed by atoms with E-state index in [0.717, 1.165) is 0 Å². The maximum Gasteiger partial charge on any atom is 0.269 e. The molecule has 2 N–H and O–H groups in total. The number of hydrogen-bond donors (Lipinski definition) is 2. The zero-order valence-corrected chi connectivity index (χ0v) is 12.0. The van der Waals surface area contributed by atoms with Gasteiger partial charge >= 0.3 is 0 Å². The number of aliphatic hydroxyl groups is 1. The Morgan fingerprint density at radius 3 is 2.95 bits per heavy atom. The minimum atomic E-state index is -0.302. The lowest BCUT2D eigenvalue weighted by Crippen LogP contribution is -2.37. The van der Waals surface area contributed by atoms with E-state index in [2.05, 4.69) is 10.3 Å². The van der Waals surface area contributed by atoms with Crippen LogP contribution in [-0.2, 0) is 11.3 Å². The van der Waals surface area contributed by atoms with Crippen LogP contribution < -0.4 is 10.9 Å². The first-order chi connectivity index (χ1) is 10.7. The summed E-state index contributed by atoms with van der Waals surface area (Å²) >= 11 is 0. The van der Waals surface area contributed by atoms with Crippen LogP contribution in [0, 0.1) is 5.92 Å². The number of para-hydroxylation sites is 2. The molecule has 3 rings (SSSR count). The van der Waals surface area contributed by atoms with E-state index in [1.807, 2.05) is 24.3 Å². The van der Waals surface area contributed by atoms with Crippen LogP contribution in [0.25, 0.3) is 11.0 Å². The molecule has 1 aliphatic rings.